The average molecular weight is 476 g/mol. The lowest BCUT2D eigenvalue weighted by Crippen LogP contribution is -2.50. The summed E-state index contributed by atoms with van der Waals surface area (Å²) < 4.78 is 39.5. The number of aromatic nitrogens is 1. The summed E-state index contributed by atoms with van der Waals surface area (Å²) in [5.74, 6) is -1.23. The molecule has 9 heteroatoms. The molecule has 0 bridgehead atoms. The van der Waals surface area contributed by atoms with Crippen LogP contribution in [-0.4, -0.2) is 47.8 Å². The van der Waals surface area contributed by atoms with Crippen molar-refractivity contribution in [2.75, 3.05) is 31.1 Å². The minimum Gasteiger partial charge on any atom is -0.368 e. The Balaban J connectivity index is 1.44. The van der Waals surface area contributed by atoms with E-state index in [0.29, 0.717) is 30.0 Å². The lowest BCUT2D eigenvalue weighted by molar-refractivity contribution is -0.137. The Kier molecular flexibility index (Phi) is 6.21. The van der Waals surface area contributed by atoms with Crippen molar-refractivity contribution < 1.29 is 22.8 Å². The zero-order chi connectivity index (χ0) is 23.8. The van der Waals surface area contributed by atoms with E-state index in [1.165, 1.54) is 17.0 Å². The first kappa shape index (κ1) is 22.9. The third-order valence-electron chi connectivity index (χ3n) is 5.73. The molecule has 1 aliphatic heterocycles. The molecule has 2 heterocycles. The Morgan fingerprint density at radius 2 is 1.64 bits per heavy atom. The number of alkyl halides is 3. The van der Waals surface area contributed by atoms with Gasteiger partial charge < -0.3 is 14.8 Å². The molecule has 0 atom stereocenters. The molecule has 4 rings (SSSR count). The normalized spacial score (nSPS) is 14.5. The van der Waals surface area contributed by atoms with Gasteiger partial charge in [-0.05, 0) is 36.8 Å². The van der Waals surface area contributed by atoms with E-state index < -0.39 is 23.4 Å². The van der Waals surface area contributed by atoms with E-state index in [-0.39, 0.29) is 18.1 Å². The zero-order valence-electron chi connectivity index (χ0n) is 17.7. The molecule has 5 nitrogen and oxygen atoms in total. The number of H-pyrrole nitrogens is 1. The van der Waals surface area contributed by atoms with Gasteiger partial charge in [-0.2, -0.15) is 13.2 Å². The van der Waals surface area contributed by atoms with Crippen LogP contribution in [0.5, 0.6) is 0 Å². The molecule has 1 N–H and O–H groups in total. The van der Waals surface area contributed by atoms with E-state index in [0.717, 1.165) is 17.3 Å². The Hall–Kier alpha value is -3.26. The third kappa shape index (κ3) is 4.75. The maximum absolute atomic E-state index is 13.2. The second-order valence-corrected chi connectivity index (χ2v) is 8.27. The summed E-state index contributed by atoms with van der Waals surface area (Å²) in [6.07, 6.45) is -4.55. The fraction of sp³-hybridized carbons (Fsp3) is 0.250. The number of nitrogens with one attached hydrogen (secondary N) is 1. The number of Topliss-reactive ketones (excluding diaryl/α,β-unsaturated/α-hetero) is 1. The van der Waals surface area contributed by atoms with E-state index in [4.69, 9.17) is 11.6 Å². The monoisotopic (exact) mass is 475 g/mol. The molecule has 33 heavy (non-hydrogen) atoms. The van der Waals surface area contributed by atoms with Gasteiger partial charge in [0.2, 0.25) is 0 Å². The van der Waals surface area contributed by atoms with Crippen molar-refractivity contribution in [1.29, 1.82) is 0 Å². The van der Waals surface area contributed by atoms with Crippen LogP contribution in [0.1, 0.15) is 21.6 Å². The summed E-state index contributed by atoms with van der Waals surface area (Å²) in [4.78, 5) is 32.1. The number of carbonyl (C=O) groups is 2. The largest absolute Gasteiger partial charge is 0.417 e. The summed E-state index contributed by atoms with van der Waals surface area (Å²) in [5.41, 5.74) is 2.05. The van der Waals surface area contributed by atoms with Crippen molar-refractivity contribution in [3.8, 4) is 11.3 Å². The van der Waals surface area contributed by atoms with E-state index >= 15 is 0 Å². The number of amides is 1. The molecule has 0 radical (unpaired) electrons. The molecular weight excluding hydrogens is 455 g/mol. The van der Waals surface area contributed by atoms with Crippen molar-refractivity contribution in [2.45, 2.75) is 13.1 Å². The minimum absolute atomic E-state index is 0.226. The van der Waals surface area contributed by atoms with Crippen LogP contribution in [0.3, 0.4) is 0 Å². The standard InChI is InChI=1S/C24H21ClF3N3O2/c1-15-18(14-21(29-15)16-5-3-2-4-6-16)22(32)23(33)31-11-9-30(10-12-31)17-7-8-20(25)19(13-17)24(26,27)28/h2-8,13-14,29H,9-12H2,1H3. The van der Waals surface area contributed by atoms with Crippen LogP contribution in [0, 0.1) is 6.92 Å². The molecule has 1 aliphatic rings. The number of benzene rings is 2. The number of carbonyl (C=O) groups excluding carboxylic acids is 2. The van der Waals surface area contributed by atoms with Crippen molar-refractivity contribution in [1.82, 2.24) is 9.88 Å². The van der Waals surface area contributed by atoms with Gasteiger partial charge in [0.15, 0.2) is 0 Å². The molecule has 3 aromatic rings. The van der Waals surface area contributed by atoms with Crippen molar-refractivity contribution >= 4 is 29.0 Å². The predicted octanol–water partition coefficient (Wildman–Crippen LogP) is 5.19. The Labute approximate surface area is 193 Å². The Bertz CT molecular complexity index is 1180. The maximum Gasteiger partial charge on any atom is 0.417 e. The van der Waals surface area contributed by atoms with E-state index in [9.17, 15) is 22.8 Å². The summed E-state index contributed by atoms with van der Waals surface area (Å²) in [7, 11) is 0. The van der Waals surface area contributed by atoms with Crippen LogP contribution in [0.2, 0.25) is 5.02 Å². The molecule has 1 aromatic heterocycles. The molecule has 1 saturated heterocycles. The number of rotatable bonds is 4. The number of piperazine rings is 1. The van der Waals surface area contributed by atoms with Gasteiger partial charge in [0.1, 0.15) is 0 Å². The number of ketones is 1. The maximum atomic E-state index is 13.2. The lowest BCUT2D eigenvalue weighted by atomic mass is 10.1. The quantitative estimate of drug-likeness (QED) is 0.417. The molecule has 172 valence electrons. The number of aryl methyl sites for hydroxylation is 1. The first-order valence-electron chi connectivity index (χ1n) is 10.4. The van der Waals surface area contributed by atoms with Crippen LogP contribution in [0.4, 0.5) is 18.9 Å². The van der Waals surface area contributed by atoms with Gasteiger partial charge in [-0.15, -0.1) is 0 Å². The highest BCUT2D eigenvalue weighted by Gasteiger charge is 2.34. The SMILES string of the molecule is Cc1[nH]c(-c2ccccc2)cc1C(=O)C(=O)N1CCN(c2ccc(Cl)c(C(F)(F)F)c2)CC1. The fourth-order valence-corrected chi connectivity index (χ4v) is 4.15. The highest BCUT2D eigenvalue weighted by molar-refractivity contribution is 6.43. The second kappa shape index (κ2) is 8.94. The number of nitrogens with zero attached hydrogens (tertiary/aromatic N) is 2. The molecule has 0 aliphatic carbocycles. The van der Waals surface area contributed by atoms with Crippen LogP contribution in [0.15, 0.2) is 54.6 Å². The number of anilines is 1. The lowest BCUT2D eigenvalue weighted by Gasteiger charge is -2.36. The summed E-state index contributed by atoms with van der Waals surface area (Å²) in [5, 5.41) is -0.359. The van der Waals surface area contributed by atoms with Gasteiger partial charge in [0.05, 0.1) is 10.6 Å². The first-order valence-corrected chi connectivity index (χ1v) is 10.7. The predicted molar refractivity (Wildman–Crippen MR) is 121 cm³/mol. The Morgan fingerprint density at radius 1 is 0.970 bits per heavy atom. The molecule has 0 saturated carbocycles. The highest BCUT2D eigenvalue weighted by atomic mass is 35.5. The molecule has 1 fully saturated rings. The molecule has 0 unspecified atom stereocenters. The fourth-order valence-electron chi connectivity index (χ4n) is 3.92. The van der Waals surface area contributed by atoms with Gasteiger partial charge in [-0.3, -0.25) is 9.59 Å². The number of halogens is 4. The van der Waals surface area contributed by atoms with E-state index in [1.807, 2.05) is 30.3 Å². The molecule has 2 aromatic carbocycles. The number of hydrogen-bond acceptors (Lipinski definition) is 3. The van der Waals surface area contributed by atoms with Gasteiger partial charge in [0.25, 0.3) is 11.7 Å². The smallest absolute Gasteiger partial charge is 0.368 e. The second-order valence-electron chi connectivity index (χ2n) is 7.86. The van der Waals surface area contributed by atoms with Crippen molar-refractivity contribution in [3.63, 3.8) is 0 Å². The summed E-state index contributed by atoms with van der Waals surface area (Å²) in [6, 6.07) is 14.9. The summed E-state index contributed by atoms with van der Waals surface area (Å²) >= 11 is 5.70. The van der Waals surface area contributed by atoms with Gasteiger partial charge in [-0.25, -0.2) is 0 Å². The van der Waals surface area contributed by atoms with E-state index in [1.54, 1.807) is 17.9 Å². The van der Waals surface area contributed by atoms with Crippen molar-refractivity contribution in [2.24, 2.45) is 0 Å². The van der Waals surface area contributed by atoms with Crippen molar-refractivity contribution in [3.05, 3.63) is 76.4 Å². The van der Waals surface area contributed by atoms with Gasteiger partial charge in [-0.1, -0.05) is 41.9 Å². The average Bonchev–Trinajstić information content (AvgIpc) is 3.20. The topological polar surface area (TPSA) is 56.4 Å². The van der Waals surface area contributed by atoms with E-state index in [2.05, 4.69) is 4.98 Å². The molecular formula is C24H21ClF3N3O2. The van der Waals surface area contributed by atoms with Crippen LogP contribution in [-0.2, 0) is 11.0 Å². The number of aromatic amines is 1. The highest BCUT2D eigenvalue weighted by Crippen LogP contribution is 2.37. The summed E-state index contributed by atoms with van der Waals surface area (Å²) in [6.45, 7) is 2.80. The first-order chi connectivity index (χ1) is 15.6. The Morgan fingerprint density at radius 3 is 2.27 bits per heavy atom. The van der Waals surface area contributed by atoms with Gasteiger partial charge >= 0.3 is 6.18 Å². The van der Waals surface area contributed by atoms with Crippen LogP contribution >= 0.6 is 11.6 Å². The third-order valence-corrected chi connectivity index (χ3v) is 6.06. The van der Waals surface area contributed by atoms with Crippen LogP contribution < -0.4 is 4.90 Å². The number of hydrogen-bond donors (Lipinski definition) is 1. The minimum atomic E-state index is -4.55. The molecule has 0 spiro atoms. The van der Waals surface area contributed by atoms with Gasteiger partial charge in [0, 0.05) is 48.8 Å². The van der Waals surface area contributed by atoms with Crippen LogP contribution in [0.25, 0.3) is 11.3 Å². The molecule has 1 amide bonds. The zero-order valence-corrected chi connectivity index (χ0v) is 18.5.